The zero-order valence-electron chi connectivity index (χ0n) is 35.8. The molecule has 1 spiro atoms. The van der Waals surface area contributed by atoms with E-state index < -0.39 is 23.3 Å². The van der Waals surface area contributed by atoms with Gasteiger partial charge < -0.3 is 36.4 Å². The lowest BCUT2D eigenvalue weighted by Crippen LogP contribution is -2.59. The quantitative estimate of drug-likeness (QED) is 0.0861. The SMILES string of the molecule is C=C1/C=C/C=C(\[C@H]2CC[C@@]3([C@H](CCCO)/C(=C(\C)C(=O)Cc4cccc5c4CC(=O)N[C@@H]5N)CC[C@@]3(C)O)[C@@H]2O)COCC#CC/C(C)=C/C[C@@H]1NCC1CCCCC1. The average molecular weight is 808 g/mol. The number of fused-ring (bicyclic) bond motifs is 1. The zero-order chi connectivity index (χ0) is 42.2. The van der Waals surface area contributed by atoms with Crippen molar-refractivity contribution < 1.29 is 29.6 Å². The van der Waals surface area contributed by atoms with Crippen molar-refractivity contribution in [1.29, 1.82) is 0 Å². The molecule has 59 heavy (non-hydrogen) atoms. The number of ketones is 1. The van der Waals surface area contributed by atoms with Crippen LogP contribution in [0.25, 0.3) is 0 Å². The van der Waals surface area contributed by atoms with Crippen LogP contribution in [0.1, 0.15) is 127 Å². The summed E-state index contributed by atoms with van der Waals surface area (Å²) in [5.74, 6) is 6.30. The van der Waals surface area contributed by atoms with Gasteiger partial charge in [0, 0.05) is 36.8 Å². The van der Waals surface area contributed by atoms with Crippen LogP contribution in [0, 0.1) is 35.0 Å². The Kier molecular flexibility index (Phi) is 15.5. The summed E-state index contributed by atoms with van der Waals surface area (Å²) in [6.45, 7) is 11.8. The van der Waals surface area contributed by atoms with E-state index in [-0.39, 0.29) is 62.2 Å². The maximum atomic E-state index is 14.3. The second-order valence-corrected chi connectivity index (χ2v) is 18.2. The zero-order valence-corrected chi connectivity index (χ0v) is 35.8. The van der Waals surface area contributed by atoms with Gasteiger partial charge in [-0.2, -0.15) is 0 Å². The predicted molar refractivity (Wildman–Crippen MR) is 234 cm³/mol. The molecule has 3 aliphatic carbocycles. The fourth-order valence-corrected chi connectivity index (χ4v) is 11.0. The number of aliphatic hydroxyl groups is 3. The van der Waals surface area contributed by atoms with Crippen LogP contribution in [0.5, 0.6) is 0 Å². The van der Waals surface area contributed by atoms with Gasteiger partial charge in [0.25, 0.3) is 0 Å². The molecule has 0 unspecified atom stereocenters. The van der Waals surface area contributed by atoms with E-state index in [2.05, 4.69) is 54.2 Å². The van der Waals surface area contributed by atoms with E-state index in [0.717, 1.165) is 46.4 Å². The molecule has 7 atom stereocenters. The summed E-state index contributed by atoms with van der Waals surface area (Å²) in [6.07, 6.45) is 18.3. The number of allylic oxidation sites excluding steroid dienone is 5. The summed E-state index contributed by atoms with van der Waals surface area (Å²) in [5, 5.41) is 41.9. The van der Waals surface area contributed by atoms with Crippen molar-refractivity contribution in [3.8, 4) is 11.8 Å². The summed E-state index contributed by atoms with van der Waals surface area (Å²) >= 11 is 0. The molecule has 1 amide bonds. The molecule has 5 aliphatic rings. The Hall–Kier alpha value is -3.62. The molecule has 6 rings (SSSR count). The molecule has 2 aliphatic heterocycles. The van der Waals surface area contributed by atoms with E-state index in [9.17, 15) is 24.9 Å². The maximum absolute atomic E-state index is 14.3. The number of Topliss-reactive ketones (excluding diaryl/α,β-unsaturated/α-hetero) is 1. The number of amides is 1. The molecule has 0 radical (unpaired) electrons. The minimum absolute atomic E-state index is 0.0345. The Morgan fingerprint density at radius 3 is 2.73 bits per heavy atom. The molecule has 7 N–H and O–H groups in total. The fraction of sp³-hybridized carbons (Fsp3) is 0.600. The lowest BCUT2D eigenvalue weighted by molar-refractivity contribution is -0.167. The first-order valence-corrected chi connectivity index (χ1v) is 22.2. The summed E-state index contributed by atoms with van der Waals surface area (Å²) in [6, 6.07) is 5.76. The largest absolute Gasteiger partial charge is 0.396 e. The average Bonchev–Trinajstić information content (AvgIpc) is 3.56. The first-order chi connectivity index (χ1) is 28.4. The Morgan fingerprint density at radius 2 is 1.95 bits per heavy atom. The molecule has 0 saturated heterocycles. The third kappa shape index (κ3) is 10.3. The van der Waals surface area contributed by atoms with E-state index in [0.29, 0.717) is 56.4 Å². The van der Waals surface area contributed by atoms with Crippen molar-refractivity contribution in [2.24, 2.45) is 28.9 Å². The van der Waals surface area contributed by atoms with Gasteiger partial charge in [0.05, 0.1) is 24.7 Å². The second kappa shape index (κ2) is 20.3. The van der Waals surface area contributed by atoms with Crippen LogP contribution in [-0.4, -0.2) is 71.1 Å². The normalized spacial score (nSPS) is 34.2. The molecule has 9 nitrogen and oxygen atoms in total. The van der Waals surface area contributed by atoms with Crippen LogP contribution >= 0.6 is 0 Å². The standard InChI is InChI=1S/C50H69N3O6/c1-33-13-8-9-28-59-32-38(18-10-14-34(2)44(22-21-33)52-31-36-15-6-5-7-16-36)40-24-26-50(47(40)57)43(20-12-27-54)39(23-25-49(50,4)58)35(3)45(55)29-37-17-11-19-41-42(37)30-46(56)53-48(41)51/h10-11,14,17-19,21,36,40,43-44,47-48,52,54,57-58H,2,5-7,12-13,15-16,20,22-32,51H2,1,3-4H3,(H,53,56)/b14-10+,33-21+,38-18-,39-35+/t40-,43-,44+,47-,48+,49-,50-/m1/s1. The lowest BCUT2D eigenvalue weighted by Gasteiger charge is -2.55. The minimum atomic E-state index is -1.23. The third-order valence-electron chi connectivity index (χ3n) is 14.5. The topological polar surface area (TPSA) is 154 Å². The van der Waals surface area contributed by atoms with Crippen LogP contribution in [0.2, 0.25) is 0 Å². The predicted octanol–water partition coefficient (Wildman–Crippen LogP) is 6.77. The number of benzene rings is 1. The van der Waals surface area contributed by atoms with Crippen molar-refractivity contribution in [1.82, 2.24) is 10.6 Å². The Balaban J connectivity index is 1.28. The third-order valence-corrected chi connectivity index (χ3v) is 14.5. The Morgan fingerprint density at radius 1 is 1.15 bits per heavy atom. The first-order valence-electron chi connectivity index (χ1n) is 22.2. The highest BCUT2D eigenvalue weighted by Crippen LogP contribution is 2.63. The number of nitrogens with one attached hydrogen (secondary N) is 2. The first kappa shape index (κ1) is 44.9. The summed E-state index contributed by atoms with van der Waals surface area (Å²) in [5.41, 5.74) is 11.2. The highest BCUT2D eigenvalue weighted by atomic mass is 16.5. The van der Waals surface area contributed by atoms with E-state index in [1.807, 2.05) is 38.1 Å². The van der Waals surface area contributed by atoms with Gasteiger partial charge in [-0.05, 0) is 130 Å². The van der Waals surface area contributed by atoms with Gasteiger partial charge in [-0.15, -0.1) is 0 Å². The van der Waals surface area contributed by atoms with Crippen LogP contribution in [0.3, 0.4) is 0 Å². The van der Waals surface area contributed by atoms with Crippen molar-refractivity contribution in [2.75, 3.05) is 26.4 Å². The number of aliphatic hydroxyl groups excluding tert-OH is 2. The molecule has 1 aromatic rings. The van der Waals surface area contributed by atoms with Crippen molar-refractivity contribution in [3.63, 3.8) is 0 Å². The fourth-order valence-electron chi connectivity index (χ4n) is 11.0. The molecule has 3 saturated carbocycles. The van der Waals surface area contributed by atoms with Crippen LogP contribution in [-0.2, 0) is 27.2 Å². The monoisotopic (exact) mass is 808 g/mol. The molecule has 3 fully saturated rings. The number of carbonyl (C=O) groups is 2. The number of rotatable bonds is 10. The van der Waals surface area contributed by atoms with E-state index >= 15 is 0 Å². The van der Waals surface area contributed by atoms with Crippen molar-refractivity contribution >= 4 is 11.7 Å². The van der Waals surface area contributed by atoms with E-state index in [1.54, 1.807) is 0 Å². The van der Waals surface area contributed by atoms with Gasteiger partial charge in [0.2, 0.25) is 5.91 Å². The molecular formula is C50H69N3O6. The summed E-state index contributed by atoms with van der Waals surface area (Å²) in [7, 11) is 0. The summed E-state index contributed by atoms with van der Waals surface area (Å²) in [4.78, 5) is 26.7. The number of carbonyl (C=O) groups excluding carboxylic acids is 2. The molecule has 0 bridgehead atoms. The Bertz CT molecular complexity index is 1890. The van der Waals surface area contributed by atoms with Crippen LogP contribution < -0.4 is 16.4 Å². The van der Waals surface area contributed by atoms with Gasteiger partial charge in [-0.25, -0.2) is 0 Å². The molecule has 0 aromatic heterocycles. The van der Waals surface area contributed by atoms with Crippen molar-refractivity contribution in [2.45, 2.75) is 141 Å². The molecule has 1 aromatic carbocycles. The van der Waals surface area contributed by atoms with Crippen LogP contribution in [0.15, 0.2) is 76.9 Å². The van der Waals surface area contributed by atoms with Gasteiger partial charge in [-0.3, -0.25) is 9.59 Å². The van der Waals surface area contributed by atoms with Gasteiger partial charge >= 0.3 is 0 Å². The van der Waals surface area contributed by atoms with E-state index in [1.165, 1.54) is 37.7 Å². The van der Waals surface area contributed by atoms with E-state index in [4.69, 9.17) is 10.5 Å². The maximum Gasteiger partial charge on any atom is 0.225 e. The summed E-state index contributed by atoms with van der Waals surface area (Å²) < 4.78 is 6.17. The molecule has 9 heteroatoms. The second-order valence-electron chi connectivity index (χ2n) is 18.2. The molecule has 2 heterocycles. The smallest absolute Gasteiger partial charge is 0.225 e. The number of nitrogens with two attached hydrogens (primary N) is 1. The molecular weight excluding hydrogens is 739 g/mol. The number of ether oxygens (including phenoxy) is 1. The highest BCUT2D eigenvalue weighted by Gasteiger charge is 2.64. The van der Waals surface area contributed by atoms with Gasteiger partial charge in [-0.1, -0.05) is 91.3 Å². The van der Waals surface area contributed by atoms with Crippen molar-refractivity contribution in [3.05, 3.63) is 93.6 Å². The number of hydrogen-bond donors (Lipinski definition) is 6. The van der Waals surface area contributed by atoms with Gasteiger partial charge in [0.1, 0.15) is 12.8 Å². The lowest BCUT2D eigenvalue weighted by atomic mass is 9.52. The highest BCUT2D eigenvalue weighted by molar-refractivity contribution is 5.97. The van der Waals surface area contributed by atoms with Gasteiger partial charge in [0.15, 0.2) is 5.78 Å². The molecule has 320 valence electrons. The number of hydrogen-bond acceptors (Lipinski definition) is 8. The Labute approximate surface area is 352 Å². The van der Waals surface area contributed by atoms with Crippen LogP contribution in [0.4, 0.5) is 0 Å². The minimum Gasteiger partial charge on any atom is -0.396 e.